The van der Waals surface area contributed by atoms with Crippen LogP contribution in [0.1, 0.15) is 12.5 Å². The third-order valence-corrected chi connectivity index (χ3v) is 1.66. The minimum absolute atomic E-state index is 0. The predicted molar refractivity (Wildman–Crippen MR) is 57.9 cm³/mol. The Labute approximate surface area is 117 Å². The molecule has 0 saturated heterocycles. The van der Waals surface area contributed by atoms with Crippen molar-refractivity contribution >= 4 is 17.2 Å². The fraction of sp³-hybridized carbons (Fsp3) is 0.0833. The van der Waals surface area contributed by atoms with Crippen molar-refractivity contribution in [2.45, 2.75) is 6.92 Å². The summed E-state index contributed by atoms with van der Waals surface area (Å²) in [6.07, 6.45) is 0. The molecular formula is C12H9ClCrO3. The molecule has 0 fully saturated rings. The summed E-state index contributed by atoms with van der Waals surface area (Å²) in [5, 5.41) is 0.773. The van der Waals surface area contributed by atoms with Crippen LogP contribution in [0.5, 0.6) is 0 Å². The van der Waals surface area contributed by atoms with Crippen molar-refractivity contribution in [1.82, 2.24) is 0 Å². The molecule has 0 bridgehead atoms. The second-order valence-electron chi connectivity index (χ2n) is 2.26. The molecule has 0 unspecified atom stereocenters. The Kier molecular flexibility index (Phi) is 30.0. The molecule has 88 valence electrons. The molecule has 0 N–H and O–H groups in total. The monoisotopic (exact) mass is 288 g/mol. The fourth-order valence-corrected chi connectivity index (χ4v) is 1.10. The minimum Gasteiger partial charge on any atom is 0 e. The molecule has 1 aromatic rings. The molecule has 3 nitrogen and oxygen atoms in total. The first-order chi connectivity index (χ1) is 7.72. The summed E-state index contributed by atoms with van der Waals surface area (Å²) in [4.78, 5) is 0. The molecule has 0 aliphatic rings. The van der Waals surface area contributed by atoms with Crippen LogP contribution in [-0.2, 0) is 31.3 Å². The number of allylic oxidation sites excluding steroid dienone is 1. The summed E-state index contributed by atoms with van der Waals surface area (Å²) in [7, 11) is 0. The Morgan fingerprint density at radius 3 is 1.65 bits per heavy atom. The van der Waals surface area contributed by atoms with E-state index in [4.69, 9.17) is 25.6 Å². The van der Waals surface area contributed by atoms with Crippen LogP contribution >= 0.6 is 11.6 Å². The van der Waals surface area contributed by atoms with Gasteiger partial charge in [-0.2, -0.15) is 0 Å². The van der Waals surface area contributed by atoms with Gasteiger partial charge in [0.25, 0.3) is 0 Å². The molecule has 0 aliphatic heterocycles. The van der Waals surface area contributed by atoms with Crippen molar-refractivity contribution in [3.8, 4) is 0 Å². The molecule has 17 heavy (non-hydrogen) atoms. The summed E-state index contributed by atoms with van der Waals surface area (Å²) in [5.41, 5.74) is 2.04. The molecule has 1 aromatic carbocycles. The molecule has 0 aliphatic carbocycles. The van der Waals surface area contributed by atoms with E-state index >= 15 is 0 Å². The van der Waals surface area contributed by atoms with Gasteiger partial charge in [0.15, 0.2) is 0 Å². The number of rotatable bonds is 1. The molecular weight excluding hydrogens is 280 g/mol. The number of hydrogen-bond donors (Lipinski definition) is 0. The van der Waals surface area contributed by atoms with Gasteiger partial charge in [0.2, 0.25) is 0 Å². The van der Waals surface area contributed by atoms with Crippen LogP contribution in [0.4, 0.5) is 0 Å². The van der Waals surface area contributed by atoms with Gasteiger partial charge in [0, 0.05) is 22.4 Å². The predicted octanol–water partition coefficient (Wildman–Crippen LogP) is 3.26. The van der Waals surface area contributed by atoms with E-state index in [1.54, 1.807) is 0 Å². The Morgan fingerprint density at radius 1 is 1.06 bits per heavy atom. The Bertz CT molecular complexity index is 355. The standard InChI is InChI=1S/C9H9Cl.3CO.Cr/c1-7(2)8-5-3-4-6-9(8)10;3*1-2;/h3-6H,1H2,2H3;;;;. The fourth-order valence-electron chi connectivity index (χ4n) is 0.807. The molecule has 0 heterocycles. The smallest absolute Gasteiger partial charge is 0 e. The largest absolute Gasteiger partial charge is 0 e. The van der Waals surface area contributed by atoms with Crippen molar-refractivity contribution in [3.63, 3.8) is 0 Å². The second-order valence-corrected chi connectivity index (χ2v) is 2.67. The van der Waals surface area contributed by atoms with Crippen molar-refractivity contribution in [2.75, 3.05) is 0 Å². The van der Waals surface area contributed by atoms with Crippen molar-refractivity contribution in [1.29, 1.82) is 0 Å². The van der Waals surface area contributed by atoms with Crippen LogP contribution in [0, 0.1) is 20.0 Å². The Hall–Kier alpha value is -0.998. The Morgan fingerprint density at radius 2 is 1.41 bits per heavy atom. The zero-order valence-corrected chi connectivity index (χ0v) is 11.1. The number of hydrogen-bond acceptors (Lipinski definition) is 0. The van der Waals surface area contributed by atoms with E-state index in [1.165, 1.54) is 0 Å². The first-order valence-corrected chi connectivity index (χ1v) is 4.11. The van der Waals surface area contributed by atoms with E-state index in [0.717, 1.165) is 16.2 Å². The van der Waals surface area contributed by atoms with Crippen LogP contribution < -0.4 is 0 Å². The third kappa shape index (κ3) is 12.9. The van der Waals surface area contributed by atoms with Crippen molar-refractivity contribution < 1.29 is 31.3 Å². The maximum atomic E-state index is 7.50. The molecule has 1 rings (SSSR count). The van der Waals surface area contributed by atoms with Gasteiger partial charge in [-0.25, -0.2) is 0 Å². The summed E-state index contributed by atoms with van der Waals surface area (Å²) in [5.74, 6) is 0. The number of halogens is 1. The van der Waals surface area contributed by atoms with Crippen molar-refractivity contribution in [3.05, 3.63) is 61.4 Å². The zero-order valence-electron chi connectivity index (χ0n) is 9.03. The minimum atomic E-state index is 0. The van der Waals surface area contributed by atoms with Gasteiger partial charge in [-0.3, -0.25) is 0 Å². The summed E-state index contributed by atoms with van der Waals surface area (Å²) in [6.45, 7) is 19.2. The topological polar surface area (TPSA) is 59.7 Å². The van der Waals surface area contributed by atoms with Gasteiger partial charge < -0.3 is 0 Å². The summed E-state index contributed by atoms with van der Waals surface area (Å²) >= 11 is 5.86. The quantitative estimate of drug-likeness (QED) is 0.562. The van der Waals surface area contributed by atoms with E-state index in [-0.39, 0.29) is 17.4 Å². The van der Waals surface area contributed by atoms with Crippen LogP contribution in [0.2, 0.25) is 5.02 Å². The molecule has 0 aromatic heterocycles. The van der Waals surface area contributed by atoms with Gasteiger partial charge in [-0.1, -0.05) is 36.4 Å². The van der Waals surface area contributed by atoms with Gasteiger partial charge in [0.1, 0.15) is 0 Å². The number of benzene rings is 1. The molecule has 0 atom stereocenters. The molecule has 0 saturated carbocycles. The average Bonchev–Trinajstić information content (AvgIpc) is 2.37. The van der Waals surface area contributed by atoms with E-state index in [0.29, 0.717) is 0 Å². The average molecular weight is 289 g/mol. The summed E-state index contributed by atoms with van der Waals surface area (Å²) < 4.78 is 22.5. The van der Waals surface area contributed by atoms with E-state index in [1.807, 2.05) is 31.2 Å². The first-order valence-electron chi connectivity index (χ1n) is 3.73. The van der Waals surface area contributed by atoms with Gasteiger partial charge in [0.05, 0.1) is 0 Å². The van der Waals surface area contributed by atoms with Gasteiger partial charge in [-0.05, 0) is 24.1 Å². The maximum absolute atomic E-state index is 7.50. The summed E-state index contributed by atoms with van der Waals surface area (Å²) in [6, 6.07) is 7.70. The normalized spacial score (nSPS) is 5.88. The van der Waals surface area contributed by atoms with Crippen LogP contribution in [-0.4, -0.2) is 0 Å². The van der Waals surface area contributed by atoms with Crippen LogP contribution in [0.3, 0.4) is 0 Å². The Balaban J connectivity index is -0.000000106. The van der Waals surface area contributed by atoms with E-state index in [2.05, 4.69) is 26.5 Å². The molecule has 0 amide bonds. The SMILES string of the molecule is C=C(C)c1ccccc1Cl.[C-]#[O+].[C-]#[O+].[C-]#[O+].[Cr]. The second kappa shape index (κ2) is 20.4. The van der Waals surface area contributed by atoms with E-state index < -0.39 is 0 Å². The van der Waals surface area contributed by atoms with E-state index in [9.17, 15) is 0 Å². The molecule has 0 radical (unpaired) electrons. The zero-order chi connectivity index (χ0) is 13.6. The molecule has 0 spiro atoms. The molecule has 5 heteroatoms. The van der Waals surface area contributed by atoms with Gasteiger partial charge >= 0.3 is 33.9 Å². The maximum Gasteiger partial charge on any atom is 0 e. The third-order valence-electron chi connectivity index (χ3n) is 1.33. The van der Waals surface area contributed by atoms with Gasteiger partial charge in [-0.15, -0.1) is 0 Å². The van der Waals surface area contributed by atoms with Crippen molar-refractivity contribution in [2.24, 2.45) is 0 Å². The first kappa shape index (κ1) is 25.0. The van der Waals surface area contributed by atoms with Crippen LogP contribution in [0.15, 0.2) is 30.8 Å². The van der Waals surface area contributed by atoms with Crippen LogP contribution in [0.25, 0.3) is 5.57 Å².